The van der Waals surface area contributed by atoms with Crippen LogP contribution in [0.4, 0.5) is 5.82 Å². The summed E-state index contributed by atoms with van der Waals surface area (Å²) >= 11 is 0. The molecule has 2 aromatic rings. The Morgan fingerprint density at radius 2 is 2.24 bits per heavy atom. The Hall–Kier alpha value is -1.81. The summed E-state index contributed by atoms with van der Waals surface area (Å²) in [5.74, 6) is 2.04. The molecule has 0 bridgehead atoms. The third-order valence-electron chi connectivity index (χ3n) is 3.97. The van der Waals surface area contributed by atoms with E-state index in [9.17, 15) is 0 Å². The third-order valence-corrected chi connectivity index (χ3v) is 3.97. The normalized spacial score (nSPS) is 15.9. The highest BCUT2D eigenvalue weighted by Gasteiger charge is 2.30. The standard InChI is InChI=1S/C17H23N3O/c1-3-18-13(2)14-6-9-17(19-11-14)20(15-7-8-15)12-16-5-4-10-21-16/h4-6,9-11,13,15,18H,3,7-8,12H2,1-2H3. The van der Waals surface area contributed by atoms with Gasteiger partial charge in [0.25, 0.3) is 0 Å². The number of anilines is 1. The van der Waals surface area contributed by atoms with Crippen molar-refractivity contribution in [1.82, 2.24) is 10.3 Å². The van der Waals surface area contributed by atoms with Crippen molar-refractivity contribution in [1.29, 1.82) is 0 Å². The summed E-state index contributed by atoms with van der Waals surface area (Å²) in [4.78, 5) is 7.02. The zero-order valence-corrected chi connectivity index (χ0v) is 12.7. The van der Waals surface area contributed by atoms with E-state index in [0.717, 1.165) is 24.7 Å². The first kappa shape index (κ1) is 14.1. The number of hydrogen-bond acceptors (Lipinski definition) is 4. The third kappa shape index (κ3) is 3.45. The zero-order valence-electron chi connectivity index (χ0n) is 12.7. The molecule has 0 saturated heterocycles. The minimum Gasteiger partial charge on any atom is -0.467 e. The molecule has 1 aliphatic carbocycles. The first-order valence-electron chi connectivity index (χ1n) is 7.76. The van der Waals surface area contributed by atoms with Crippen LogP contribution in [0, 0.1) is 0 Å². The molecule has 1 saturated carbocycles. The van der Waals surface area contributed by atoms with Gasteiger partial charge in [-0.15, -0.1) is 0 Å². The molecule has 0 spiro atoms. The van der Waals surface area contributed by atoms with Crippen molar-refractivity contribution in [3.05, 3.63) is 48.0 Å². The molecule has 1 N–H and O–H groups in total. The van der Waals surface area contributed by atoms with Crippen LogP contribution in [-0.2, 0) is 6.54 Å². The van der Waals surface area contributed by atoms with Crippen molar-refractivity contribution in [3.8, 4) is 0 Å². The molecule has 4 nitrogen and oxygen atoms in total. The van der Waals surface area contributed by atoms with Crippen LogP contribution >= 0.6 is 0 Å². The molecule has 1 atom stereocenters. The molecule has 112 valence electrons. The number of nitrogens with zero attached hydrogens (tertiary/aromatic N) is 2. The van der Waals surface area contributed by atoms with E-state index in [2.05, 4.69) is 41.2 Å². The Bertz CT molecular complexity index is 546. The van der Waals surface area contributed by atoms with E-state index in [4.69, 9.17) is 4.42 Å². The number of rotatable bonds is 7. The fourth-order valence-electron chi connectivity index (χ4n) is 2.60. The van der Waals surface area contributed by atoms with Gasteiger partial charge >= 0.3 is 0 Å². The van der Waals surface area contributed by atoms with Crippen LogP contribution in [0.25, 0.3) is 0 Å². The summed E-state index contributed by atoms with van der Waals surface area (Å²) in [6, 6.07) is 9.22. The second-order valence-corrected chi connectivity index (χ2v) is 5.67. The van der Waals surface area contributed by atoms with Gasteiger partial charge in [0.1, 0.15) is 11.6 Å². The van der Waals surface area contributed by atoms with E-state index in [0.29, 0.717) is 12.1 Å². The van der Waals surface area contributed by atoms with Crippen LogP contribution < -0.4 is 10.2 Å². The molecule has 0 aromatic carbocycles. The van der Waals surface area contributed by atoms with Gasteiger partial charge in [0.05, 0.1) is 12.8 Å². The van der Waals surface area contributed by atoms with Gasteiger partial charge in [0, 0.05) is 18.3 Å². The van der Waals surface area contributed by atoms with Crippen molar-refractivity contribution in [3.63, 3.8) is 0 Å². The van der Waals surface area contributed by atoms with Crippen LogP contribution in [-0.4, -0.2) is 17.6 Å². The smallest absolute Gasteiger partial charge is 0.129 e. The Labute approximate surface area is 126 Å². The molecule has 2 heterocycles. The summed E-state index contributed by atoms with van der Waals surface area (Å²) in [5.41, 5.74) is 1.23. The second-order valence-electron chi connectivity index (χ2n) is 5.67. The monoisotopic (exact) mass is 285 g/mol. The summed E-state index contributed by atoms with van der Waals surface area (Å²) < 4.78 is 5.48. The van der Waals surface area contributed by atoms with Gasteiger partial charge in [0.2, 0.25) is 0 Å². The second kappa shape index (κ2) is 6.31. The van der Waals surface area contributed by atoms with Crippen molar-refractivity contribution >= 4 is 5.82 Å². The van der Waals surface area contributed by atoms with Crippen molar-refractivity contribution in [2.24, 2.45) is 0 Å². The van der Waals surface area contributed by atoms with Crippen LogP contribution in [0.2, 0.25) is 0 Å². The minimum absolute atomic E-state index is 0.344. The van der Waals surface area contributed by atoms with Crippen LogP contribution in [0.15, 0.2) is 41.1 Å². The number of hydrogen-bond donors (Lipinski definition) is 1. The van der Waals surface area contributed by atoms with Crippen molar-refractivity contribution in [2.45, 2.75) is 45.3 Å². The van der Waals surface area contributed by atoms with E-state index >= 15 is 0 Å². The van der Waals surface area contributed by atoms with Crippen LogP contribution in [0.1, 0.15) is 44.1 Å². The molecule has 3 rings (SSSR count). The van der Waals surface area contributed by atoms with E-state index in [1.165, 1.54) is 18.4 Å². The molecule has 1 unspecified atom stereocenters. The summed E-state index contributed by atoms with van der Waals surface area (Å²) in [6.07, 6.45) is 6.21. The van der Waals surface area contributed by atoms with E-state index < -0.39 is 0 Å². The van der Waals surface area contributed by atoms with Gasteiger partial charge in [-0.05, 0) is 50.1 Å². The maximum Gasteiger partial charge on any atom is 0.129 e. The summed E-state index contributed by atoms with van der Waals surface area (Å²) in [6.45, 7) is 6.06. The lowest BCUT2D eigenvalue weighted by Crippen LogP contribution is -2.26. The zero-order chi connectivity index (χ0) is 14.7. The maximum absolute atomic E-state index is 5.48. The highest BCUT2D eigenvalue weighted by Crippen LogP contribution is 2.32. The number of nitrogens with one attached hydrogen (secondary N) is 1. The lowest BCUT2D eigenvalue weighted by Gasteiger charge is -2.23. The predicted octanol–water partition coefficient (Wildman–Crippen LogP) is 3.51. The Morgan fingerprint density at radius 1 is 1.38 bits per heavy atom. The molecule has 1 fully saturated rings. The van der Waals surface area contributed by atoms with E-state index in [1.54, 1.807) is 6.26 Å². The first-order valence-corrected chi connectivity index (χ1v) is 7.76. The topological polar surface area (TPSA) is 41.3 Å². The molecule has 21 heavy (non-hydrogen) atoms. The van der Waals surface area contributed by atoms with Gasteiger partial charge in [0.15, 0.2) is 0 Å². The Balaban J connectivity index is 1.74. The SMILES string of the molecule is CCNC(C)c1ccc(N(Cc2ccco2)C2CC2)nc1. The molecule has 1 aliphatic rings. The molecular weight excluding hydrogens is 262 g/mol. The largest absolute Gasteiger partial charge is 0.467 e. The molecule has 0 radical (unpaired) electrons. The fourth-order valence-corrected chi connectivity index (χ4v) is 2.60. The molecule has 4 heteroatoms. The highest BCUT2D eigenvalue weighted by molar-refractivity contribution is 5.43. The van der Waals surface area contributed by atoms with Gasteiger partial charge in [-0.25, -0.2) is 4.98 Å². The van der Waals surface area contributed by atoms with Gasteiger partial charge in [-0.1, -0.05) is 13.0 Å². The Morgan fingerprint density at radius 3 is 2.81 bits per heavy atom. The molecule has 0 amide bonds. The Kier molecular flexibility index (Phi) is 4.25. The number of aromatic nitrogens is 1. The maximum atomic E-state index is 5.48. The lowest BCUT2D eigenvalue weighted by molar-refractivity contribution is 0.500. The molecular formula is C17H23N3O. The van der Waals surface area contributed by atoms with Gasteiger partial charge in [-0.2, -0.15) is 0 Å². The highest BCUT2D eigenvalue weighted by atomic mass is 16.3. The predicted molar refractivity (Wildman–Crippen MR) is 84.2 cm³/mol. The average Bonchev–Trinajstić information content (AvgIpc) is 3.22. The number of pyridine rings is 1. The average molecular weight is 285 g/mol. The van der Waals surface area contributed by atoms with Crippen molar-refractivity contribution in [2.75, 3.05) is 11.4 Å². The van der Waals surface area contributed by atoms with E-state index in [1.807, 2.05) is 18.3 Å². The van der Waals surface area contributed by atoms with Crippen LogP contribution in [0.5, 0.6) is 0 Å². The van der Waals surface area contributed by atoms with Crippen LogP contribution in [0.3, 0.4) is 0 Å². The quantitative estimate of drug-likeness (QED) is 0.845. The van der Waals surface area contributed by atoms with Gasteiger partial charge < -0.3 is 14.6 Å². The number of furan rings is 1. The minimum atomic E-state index is 0.344. The van der Waals surface area contributed by atoms with Gasteiger partial charge in [-0.3, -0.25) is 0 Å². The summed E-state index contributed by atoms with van der Waals surface area (Å²) in [7, 11) is 0. The molecule has 0 aliphatic heterocycles. The molecule has 2 aromatic heterocycles. The lowest BCUT2D eigenvalue weighted by atomic mass is 10.1. The van der Waals surface area contributed by atoms with E-state index in [-0.39, 0.29) is 0 Å². The fraction of sp³-hybridized carbons (Fsp3) is 0.471. The summed E-state index contributed by atoms with van der Waals surface area (Å²) in [5, 5.41) is 3.41. The first-order chi connectivity index (χ1) is 10.3. The van der Waals surface area contributed by atoms with Crippen molar-refractivity contribution < 1.29 is 4.42 Å².